The standard InChI is InChI=1S/C12H24OSi/c1-12(13-14,10-6-2-3-7-10)11-8-4-5-9-11/h10-11H,2-9H2,1,14H3. The molecule has 2 rings (SSSR count). The summed E-state index contributed by atoms with van der Waals surface area (Å²) in [5.74, 6) is 1.76. The van der Waals surface area contributed by atoms with Gasteiger partial charge in [0.1, 0.15) is 10.5 Å². The van der Waals surface area contributed by atoms with E-state index in [0.29, 0.717) is 0 Å². The highest BCUT2D eigenvalue weighted by molar-refractivity contribution is 5.98. The van der Waals surface area contributed by atoms with Crippen LogP contribution in [0.25, 0.3) is 0 Å². The quantitative estimate of drug-likeness (QED) is 0.653. The van der Waals surface area contributed by atoms with Crippen molar-refractivity contribution >= 4 is 10.5 Å². The van der Waals surface area contributed by atoms with Crippen LogP contribution in [0.4, 0.5) is 0 Å². The molecule has 0 aromatic rings. The Morgan fingerprint density at radius 3 is 1.57 bits per heavy atom. The second-order valence-electron chi connectivity index (χ2n) is 5.35. The molecule has 0 aromatic heterocycles. The molecule has 2 heteroatoms. The molecule has 0 aliphatic heterocycles. The van der Waals surface area contributed by atoms with Crippen molar-refractivity contribution in [3.05, 3.63) is 0 Å². The maximum atomic E-state index is 6.04. The minimum absolute atomic E-state index is 0.263. The molecule has 2 saturated carbocycles. The third-order valence-electron chi connectivity index (χ3n) is 4.77. The summed E-state index contributed by atoms with van der Waals surface area (Å²) in [6.45, 7) is 2.41. The van der Waals surface area contributed by atoms with Crippen LogP contribution >= 0.6 is 0 Å². The fourth-order valence-corrected chi connectivity index (χ4v) is 4.33. The van der Waals surface area contributed by atoms with Gasteiger partial charge >= 0.3 is 0 Å². The SMILES string of the molecule is CC(O[SiH3])(C1CCCC1)C1CCCC1. The Balaban J connectivity index is 2.06. The van der Waals surface area contributed by atoms with E-state index in [0.717, 1.165) is 22.3 Å². The molecule has 2 fully saturated rings. The van der Waals surface area contributed by atoms with Crippen LogP contribution in [0, 0.1) is 11.8 Å². The number of hydrogen-bond donors (Lipinski definition) is 0. The zero-order valence-corrected chi connectivity index (χ0v) is 11.7. The second kappa shape index (κ2) is 4.36. The summed E-state index contributed by atoms with van der Waals surface area (Å²) < 4.78 is 6.04. The van der Waals surface area contributed by atoms with Crippen LogP contribution in [-0.2, 0) is 4.43 Å². The third-order valence-corrected chi connectivity index (χ3v) is 5.65. The zero-order chi connectivity index (χ0) is 10.0. The first-order valence-corrected chi connectivity index (χ1v) is 7.14. The Morgan fingerprint density at radius 1 is 0.929 bits per heavy atom. The molecule has 0 saturated heterocycles. The van der Waals surface area contributed by atoms with Crippen LogP contribution in [0.15, 0.2) is 0 Å². The monoisotopic (exact) mass is 212 g/mol. The average Bonchev–Trinajstić information content (AvgIpc) is 2.88. The first-order chi connectivity index (χ1) is 6.77. The van der Waals surface area contributed by atoms with Crippen molar-refractivity contribution in [2.75, 3.05) is 0 Å². The molecule has 0 atom stereocenters. The Morgan fingerprint density at radius 2 is 1.29 bits per heavy atom. The first-order valence-electron chi connectivity index (χ1n) is 6.32. The van der Waals surface area contributed by atoms with Crippen LogP contribution in [0.2, 0.25) is 0 Å². The third kappa shape index (κ3) is 1.79. The van der Waals surface area contributed by atoms with E-state index in [1.807, 2.05) is 0 Å². The molecule has 0 bridgehead atoms. The van der Waals surface area contributed by atoms with Crippen molar-refractivity contribution in [1.82, 2.24) is 0 Å². The fourth-order valence-electron chi connectivity index (χ4n) is 3.66. The van der Waals surface area contributed by atoms with Gasteiger partial charge < -0.3 is 4.43 Å². The Kier molecular flexibility index (Phi) is 3.33. The largest absolute Gasteiger partial charge is 0.422 e. The predicted molar refractivity (Wildman–Crippen MR) is 63.3 cm³/mol. The summed E-state index contributed by atoms with van der Waals surface area (Å²) in [7, 11) is 0.916. The van der Waals surface area contributed by atoms with Crippen molar-refractivity contribution in [3.63, 3.8) is 0 Å². The van der Waals surface area contributed by atoms with Gasteiger partial charge in [-0.25, -0.2) is 0 Å². The van der Waals surface area contributed by atoms with Crippen LogP contribution in [-0.4, -0.2) is 16.1 Å². The summed E-state index contributed by atoms with van der Waals surface area (Å²) in [5.41, 5.74) is 0.263. The highest BCUT2D eigenvalue weighted by atomic mass is 28.2. The maximum absolute atomic E-state index is 6.04. The Bertz CT molecular complexity index is 165. The minimum Gasteiger partial charge on any atom is -0.422 e. The molecular weight excluding hydrogens is 188 g/mol. The second-order valence-corrected chi connectivity index (χ2v) is 5.76. The van der Waals surface area contributed by atoms with Crippen molar-refractivity contribution in [1.29, 1.82) is 0 Å². The van der Waals surface area contributed by atoms with E-state index in [1.54, 1.807) is 0 Å². The number of rotatable bonds is 3. The molecular formula is C12H24OSi. The summed E-state index contributed by atoms with van der Waals surface area (Å²) >= 11 is 0. The lowest BCUT2D eigenvalue weighted by atomic mass is 9.76. The molecule has 0 amide bonds. The average molecular weight is 212 g/mol. The van der Waals surface area contributed by atoms with E-state index in [2.05, 4.69) is 6.92 Å². The highest BCUT2D eigenvalue weighted by Gasteiger charge is 2.42. The van der Waals surface area contributed by atoms with Gasteiger partial charge in [0.15, 0.2) is 0 Å². The fraction of sp³-hybridized carbons (Fsp3) is 1.00. The van der Waals surface area contributed by atoms with Gasteiger partial charge in [0.25, 0.3) is 0 Å². The van der Waals surface area contributed by atoms with Gasteiger partial charge in [0, 0.05) is 0 Å². The lowest BCUT2D eigenvalue weighted by Gasteiger charge is -2.40. The van der Waals surface area contributed by atoms with Gasteiger partial charge in [-0.3, -0.25) is 0 Å². The van der Waals surface area contributed by atoms with Gasteiger partial charge in [-0.2, -0.15) is 0 Å². The Hall–Kier alpha value is 0.177. The van der Waals surface area contributed by atoms with E-state index in [9.17, 15) is 0 Å². The molecule has 0 radical (unpaired) electrons. The van der Waals surface area contributed by atoms with Crippen molar-refractivity contribution in [2.45, 2.75) is 63.9 Å². The predicted octanol–water partition coefficient (Wildman–Crippen LogP) is 2.42. The maximum Gasteiger partial charge on any atom is 0.146 e. The molecule has 14 heavy (non-hydrogen) atoms. The van der Waals surface area contributed by atoms with Gasteiger partial charge in [-0.1, -0.05) is 25.7 Å². The topological polar surface area (TPSA) is 9.23 Å². The highest BCUT2D eigenvalue weighted by Crippen LogP contribution is 2.45. The number of hydrogen-bond acceptors (Lipinski definition) is 1. The smallest absolute Gasteiger partial charge is 0.146 e. The molecule has 2 aliphatic carbocycles. The summed E-state index contributed by atoms with van der Waals surface area (Å²) in [5, 5.41) is 0. The van der Waals surface area contributed by atoms with E-state index >= 15 is 0 Å². The lowest BCUT2D eigenvalue weighted by Crippen LogP contribution is -2.42. The molecule has 0 N–H and O–H groups in total. The van der Waals surface area contributed by atoms with E-state index in [-0.39, 0.29) is 5.60 Å². The summed E-state index contributed by atoms with van der Waals surface area (Å²) in [6.07, 6.45) is 11.5. The van der Waals surface area contributed by atoms with Crippen molar-refractivity contribution < 1.29 is 4.43 Å². The normalized spacial score (nSPS) is 26.4. The van der Waals surface area contributed by atoms with Gasteiger partial charge in [0.2, 0.25) is 0 Å². The first kappa shape index (κ1) is 10.7. The van der Waals surface area contributed by atoms with Crippen LogP contribution in [0.1, 0.15) is 58.3 Å². The van der Waals surface area contributed by atoms with Gasteiger partial charge in [-0.15, -0.1) is 0 Å². The molecule has 0 aromatic carbocycles. The van der Waals surface area contributed by atoms with Crippen molar-refractivity contribution in [2.24, 2.45) is 11.8 Å². The lowest BCUT2D eigenvalue weighted by molar-refractivity contribution is -0.0189. The Labute approximate surface area is 91.1 Å². The molecule has 0 spiro atoms. The van der Waals surface area contributed by atoms with E-state index in [1.165, 1.54) is 51.4 Å². The van der Waals surface area contributed by atoms with Gasteiger partial charge in [-0.05, 0) is 44.4 Å². The summed E-state index contributed by atoms with van der Waals surface area (Å²) in [6, 6.07) is 0. The molecule has 0 unspecified atom stereocenters. The van der Waals surface area contributed by atoms with Crippen LogP contribution in [0.3, 0.4) is 0 Å². The molecule has 1 nitrogen and oxygen atoms in total. The van der Waals surface area contributed by atoms with Gasteiger partial charge in [0.05, 0.1) is 5.60 Å². The molecule has 0 heterocycles. The van der Waals surface area contributed by atoms with Crippen LogP contribution < -0.4 is 0 Å². The minimum atomic E-state index is 0.263. The van der Waals surface area contributed by atoms with Crippen LogP contribution in [0.5, 0.6) is 0 Å². The molecule has 82 valence electrons. The molecule has 2 aliphatic rings. The zero-order valence-electron chi connectivity index (χ0n) is 9.72. The summed E-state index contributed by atoms with van der Waals surface area (Å²) in [4.78, 5) is 0. The van der Waals surface area contributed by atoms with E-state index in [4.69, 9.17) is 4.43 Å². The van der Waals surface area contributed by atoms with Crippen molar-refractivity contribution in [3.8, 4) is 0 Å². The van der Waals surface area contributed by atoms with E-state index < -0.39 is 0 Å².